The quantitative estimate of drug-likeness (QED) is 0.571. The maximum absolute atomic E-state index is 12.9. The lowest BCUT2D eigenvalue weighted by Gasteiger charge is -2.40. The van der Waals surface area contributed by atoms with Gasteiger partial charge in [-0.15, -0.1) is 0 Å². The van der Waals surface area contributed by atoms with E-state index in [2.05, 4.69) is 4.98 Å². The van der Waals surface area contributed by atoms with E-state index in [0.29, 0.717) is 51.5 Å². The standard InChI is InChI=1S/C17H23BF3N3O2/c18-7-2-1-6-16(22,15(25)26)12-4-9-24(10-5-12)14-11-13(3-8-23-14)17(19,20)21/h3,8,11-12H,1-2,4-7,9-10,22H2,(H,25,26). The summed E-state index contributed by atoms with van der Waals surface area (Å²) >= 11 is 0. The van der Waals surface area contributed by atoms with Gasteiger partial charge in [-0.05, 0) is 37.3 Å². The van der Waals surface area contributed by atoms with Gasteiger partial charge in [0.15, 0.2) is 0 Å². The fourth-order valence-corrected chi connectivity index (χ4v) is 3.44. The first-order valence-electron chi connectivity index (χ1n) is 8.69. The molecule has 0 bridgehead atoms. The van der Waals surface area contributed by atoms with Crippen molar-refractivity contribution in [3.05, 3.63) is 23.9 Å². The number of pyridine rings is 1. The number of carboxylic acids is 1. The largest absolute Gasteiger partial charge is 0.480 e. The smallest absolute Gasteiger partial charge is 0.416 e. The molecule has 1 aromatic rings. The summed E-state index contributed by atoms with van der Waals surface area (Å²) in [5.41, 5.74) is 4.12. The number of nitrogens with two attached hydrogens (primary N) is 1. The van der Waals surface area contributed by atoms with Gasteiger partial charge in [0.2, 0.25) is 0 Å². The Kier molecular flexibility index (Phi) is 6.55. The number of anilines is 1. The molecule has 0 aromatic carbocycles. The van der Waals surface area contributed by atoms with Crippen LogP contribution in [-0.2, 0) is 11.0 Å². The molecule has 2 radical (unpaired) electrons. The molecule has 1 atom stereocenters. The normalized spacial score (nSPS) is 18.5. The van der Waals surface area contributed by atoms with Gasteiger partial charge < -0.3 is 15.7 Å². The maximum atomic E-state index is 12.9. The highest BCUT2D eigenvalue weighted by Crippen LogP contribution is 2.34. The summed E-state index contributed by atoms with van der Waals surface area (Å²) < 4.78 is 38.6. The van der Waals surface area contributed by atoms with Crippen molar-refractivity contribution in [1.82, 2.24) is 4.98 Å². The molecule has 1 unspecified atom stereocenters. The molecule has 26 heavy (non-hydrogen) atoms. The van der Waals surface area contributed by atoms with E-state index in [9.17, 15) is 23.1 Å². The number of unbranched alkanes of at least 4 members (excludes halogenated alkanes) is 1. The second-order valence-corrected chi connectivity index (χ2v) is 6.75. The number of carboxylic acid groups (broad SMARTS) is 1. The van der Waals surface area contributed by atoms with Crippen LogP contribution >= 0.6 is 0 Å². The van der Waals surface area contributed by atoms with Crippen LogP contribution in [0.1, 0.15) is 37.7 Å². The van der Waals surface area contributed by atoms with Gasteiger partial charge >= 0.3 is 12.1 Å². The lowest BCUT2D eigenvalue weighted by atomic mass is 9.75. The van der Waals surface area contributed by atoms with E-state index >= 15 is 0 Å². The highest BCUT2D eigenvalue weighted by Gasteiger charge is 2.43. The van der Waals surface area contributed by atoms with Crippen LogP contribution in [0.4, 0.5) is 19.0 Å². The number of hydrogen-bond donors (Lipinski definition) is 2. The SMILES string of the molecule is [B]CCCCC(N)(C(=O)O)C1CCN(c2cc(C(F)(F)F)ccn2)CC1. The maximum Gasteiger partial charge on any atom is 0.416 e. The van der Waals surface area contributed by atoms with E-state index in [1.165, 1.54) is 0 Å². The van der Waals surface area contributed by atoms with Gasteiger partial charge in [0.05, 0.1) is 13.4 Å². The molecule has 142 valence electrons. The first-order chi connectivity index (χ1) is 12.2. The number of halogens is 3. The van der Waals surface area contributed by atoms with Gasteiger partial charge in [-0.25, -0.2) is 4.98 Å². The zero-order valence-electron chi connectivity index (χ0n) is 14.5. The number of hydrogen-bond acceptors (Lipinski definition) is 4. The van der Waals surface area contributed by atoms with Crippen LogP contribution in [0.15, 0.2) is 18.3 Å². The van der Waals surface area contributed by atoms with Gasteiger partial charge in [0.1, 0.15) is 11.4 Å². The fourth-order valence-electron chi connectivity index (χ4n) is 3.44. The molecule has 2 rings (SSSR count). The molecule has 1 aliphatic heterocycles. The molecule has 1 aliphatic rings. The molecular weight excluding hydrogens is 346 g/mol. The number of rotatable bonds is 7. The number of piperidine rings is 1. The second-order valence-electron chi connectivity index (χ2n) is 6.75. The molecule has 0 saturated carbocycles. The highest BCUT2D eigenvalue weighted by atomic mass is 19.4. The van der Waals surface area contributed by atoms with Crippen molar-refractivity contribution in [3.63, 3.8) is 0 Å². The first-order valence-corrected chi connectivity index (χ1v) is 8.69. The minimum absolute atomic E-state index is 0.236. The summed E-state index contributed by atoms with van der Waals surface area (Å²) in [7, 11) is 5.46. The Hall–Kier alpha value is -1.77. The molecule has 1 aromatic heterocycles. The van der Waals surface area contributed by atoms with E-state index in [4.69, 9.17) is 13.6 Å². The van der Waals surface area contributed by atoms with Crippen LogP contribution in [0.2, 0.25) is 6.32 Å². The minimum Gasteiger partial charge on any atom is -0.480 e. The summed E-state index contributed by atoms with van der Waals surface area (Å²) in [6.45, 7) is 0.837. The van der Waals surface area contributed by atoms with Gasteiger partial charge in [0, 0.05) is 19.3 Å². The molecule has 0 aliphatic carbocycles. The Balaban J connectivity index is 2.05. The van der Waals surface area contributed by atoms with Gasteiger partial charge in [-0.2, -0.15) is 13.2 Å². The van der Waals surface area contributed by atoms with E-state index < -0.39 is 23.2 Å². The third-order valence-corrected chi connectivity index (χ3v) is 5.06. The van der Waals surface area contributed by atoms with Crippen LogP contribution < -0.4 is 10.6 Å². The molecule has 1 fully saturated rings. The Morgan fingerprint density at radius 2 is 2.00 bits per heavy atom. The predicted octanol–water partition coefficient (Wildman–Crippen LogP) is 2.86. The van der Waals surface area contributed by atoms with E-state index in [1.54, 1.807) is 4.90 Å². The zero-order chi connectivity index (χ0) is 19.4. The summed E-state index contributed by atoms with van der Waals surface area (Å²) in [6.07, 6.45) is -0.141. The van der Waals surface area contributed by atoms with Crippen molar-refractivity contribution in [1.29, 1.82) is 0 Å². The zero-order valence-corrected chi connectivity index (χ0v) is 14.5. The van der Waals surface area contributed by atoms with Crippen molar-refractivity contribution < 1.29 is 23.1 Å². The van der Waals surface area contributed by atoms with E-state index in [1.807, 2.05) is 0 Å². The molecule has 1 saturated heterocycles. The van der Waals surface area contributed by atoms with Crippen molar-refractivity contribution in [2.24, 2.45) is 11.7 Å². The molecule has 9 heteroatoms. The summed E-state index contributed by atoms with van der Waals surface area (Å²) in [6, 6.07) is 1.96. The third-order valence-electron chi connectivity index (χ3n) is 5.06. The summed E-state index contributed by atoms with van der Waals surface area (Å²) in [4.78, 5) is 17.5. The monoisotopic (exact) mass is 369 g/mol. The first kappa shape index (κ1) is 20.5. The number of alkyl halides is 3. The van der Waals surface area contributed by atoms with Gasteiger partial charge in [-0.3, -0.25) is 4.79 Å². The molecule has 0 amide bonds. The van der Waals surface area contributed by atoms with Crippen molar-refractivity contribution in [3.8, 4) is 0 Å². The molecular formula is C17H23BF3N3O2. The summed E-state index contributed by atoms with van der Waals surface area (Å²) in [5.74, 6) is -1.02. The Morgan fingerprint density at radius 3 is 2.54 bits per heavy atom. The average Bonchev–Trinajstić information content (AvgIpc) is 2.61. The lowest BCUT2D eigenvalue weighted by molar-refractivity contribution is -0.146. The number of carbonyl (C=O) groups is 1. The highest BCUT2D eigenvalue weighted by molar-refractivity contribution is 6.08. The number of aromatic nitrogens is 1. The van der Waals surface area contributed by atoms with Gasteiger partial charge in [-0.1, -0.05) is 19.2 Å². The van der Waals surface area contributed by atoms with Crippen molar-refractivity contribution in [2.75, 3.05) is 18.0 Å². The average molecular weight is 369 g/mol. The molecule has 5 nitrogen and oxygen atoms in total. The van der Waals surface area contributed by atoms with Crippen LogP contribution in [0.5, 0.6) is 0 Å². The molecule has 3 N–H and O–H groups in total. The Morgan fingerprint density at radius 1 is 1.35 bits per heavy atom. The Bertz CT molecular complexity index is 622. The fraction of sp³-hybridized carbons (Fsp3) is 0.647. The second kappa shape index (κ2) is 8.29. The van der Waals surface area contributed by atoms with Crippen LogP contribution in [-0.4, -0.2) is 42.5 Å². The number of aliphatic carboxylic acids is 1. The third kappa shape index (κ3) is 4.69. The Labute approximate surface area is 152 Å². The predicted molar refractivity (Wildman–Crippen MR) is 93.1 cm³/mol. The van der Waals surface area contributed by atoms with Crippen LogP contribution in [0, 0.1) is 5.92 Å². The minimum atomic E-state index is -4.42. The lowest BCUT2D eigenvalue weighted by Crippen LogP contribution is -2.57. The van der Waals surface area contributed by atoms with Crippen LogP contribution in [0.3, 0.4) is 0 Å². The molecule has 0 spiro atoms. The van der Waals surface area contributed by atoms with Crippen molar-refractivity contribution >= 4 is 19.6 Å². The van der Waals surface area contributed by atoms with Gasteiger partial charge in [0.25, 0.3) is 0 Å². The number of nitrogens with zero attached hydrogens (tertiary/aromatic N) is 2. The van der Waals surface area contributed by atoms with Crippen molar-refractivity contribution in [2.45, 2.75) is 50.1 Å². The van der Waals surface area contributed by atoms with E-state index in [0.717, 1.165) is 18.3 Å². The summed E-state index contributed by atoms with van der Waals surface area (Å²) in [5, 5.41) is 9.59. The van der Waals surface area contributed by atoms with E-state index in [-0.39, 0.29) is 11.7 Å². The molecule has 2 heterocycles. The van der Waals surface area contributed by atoms with Crippen LogP contribution in [0.25, 0.3) is 0 Å². The topological polar surface area (TPSA) is 79.5 Å².